The van der Waals surface area contributed by atoms with Crippen molar-refractivity contribution in [3.63, 3.8) is 0 Å². The maximum Gasteiger partial charge on any atom is 0.266 e. The number of carbonyl (C=O) groups excluding carboxylic acids is 1. The molecule has 0 spiro atoms. The monoisotopic (exact) mass is 534 g/mol. The summed E-state index contributed by atoms with van der Waals surface area (Å²) < 4.78 is 16.5. The van der Waals surface area contributed by atoms with E-state index in [0.29, 0.717) is 17.1 Å². The largest absolute Gasteiger partial charge is 0.486 e. The topological polar surface area (TPSA) is 80.6 Å². The molecule has 1 aliphatic heterocycles. The maximum atomic E-state index is 12.6. The van der Waals surface area contributed by atoms with Crippen LogP contribution in [0.2, 0.25) is 20.1 Å². The number of fused-ring (bicyclic) bond motifs is 1. The number of halogens is 4. The van der Waals surface area contributed by atoms with Crippen molar-refractivity contribution in [1.29, 1.82) is 5.26 Å². The molecule has 0 saturated carbocycles. The van der Waals surface area contributed by atoms with Gasteiger partial charge in [0.2, 0.25) is 6.79 Å². The average molecular weight is 536 g/mol. The van der Waals surface area contributed by atoms with Crippen LogP contribution in [0.5, 0.6) is 17.2 Å². The molecule has 0 unspecified atom stereocenters. The molecule has 1 aliphatic rings. The second kappa shape index (κ2) is 10.5. The first-order valence-electron chi connectivity index (χ1n) is 9.73. The Kier molecular flexibility index (Phi) is 7.40. The molecule has 0 radical (unpaired) electrons. The molecule has 0 fully saturated rings. The first-order chi connectivity index (χ1) is 16.4. The second-order valence-corrected chi connectivity index (χ2v) is 8.61. The van der Waals surface area contributed by atoms with Crippen molar-refractivity contribution in [2.24, 2.45) is 0 Å². The normalized spacial score (nSPS) is 12.3. The number of rotatable bonds is 6. The fraction of sp³-hybridized carbons (Fsp3) is 0.0833. The highest BCUT2D eigenvalue weighted by atomic mass is 35.5. The van der Waals surface area contributed by atoms with Crippen LogP contribution in [0.25, 0.3) is 6.08 Å². The van der Waals surface area contributed by atoms with E-state index in [-0.39, 0.29) is 50.5 Å². The zero-order valence-electron chi connectivity index (χ0n) is 17.2. The number of nitriles is 1. The number of nitrogens with zero attached hydrogens (tertiary/aromatic N) is 1. The van der Waals surface area contributed by atoms with Gasteiger partial charge in [0.25, 0.3) is 5.91 Å². The van der Waals surface area contributed by atoms with Gasteiger partial charge in [-0.1, -0.05) is 58.5 Å². The standard InChI is InChI=1S/C24H14Cl4N2O4/c25-16-2-1-3-19(22(16)28)30-24(31)15(10-29)6-14-7-17(26)23(18(27)8-14)32-11-13-4-5-20-21(9-13)34-12-33-20/h1-9H,11-12H2,(H,30,31)/b15-6-. The van der Waals surface area contributed by atoms with E-state index in [9.17, 15) is 10.1 Å². The summed E-state index contributed by atoms with van der Waals surface area (Å²) >= 11 is 24.8. The van der Waals surface area contributed by atoms with Gasteiger partial charge < -0.3 is 19.5 Å². The minimum absolute atomic E-state index is 0.171. The molecule has 0 aliphatic carbocycles. The Hall–Kier alpha value is -3.08. The fourth-order valence-corrected chi connectivity index (χ4v) is 4.05. The van der Waals surface area contributed by atoms with Crippen LogP contribution in [0.4, 0.5) is 5.69 Å². The van der Waals surface area contributed by atoms with Crippen LogP contribution >= 0.6 is 46.4 Å². The number of nitrogens with one attached hydrogen (secondary N) is 1. The predicted molar refractivity (Wildman–Crippen MR) is 132 cm³/mol. The van der Waals surface area contributed by atoms with Crippen molar-refractivity contribution in [3.05, 3.63) is 85.3 Å². The van der Waals surface area contributed by atoms with Crippen LogP contribution in [0.15, 0.2) is 54.1 Å². The van der Waals surface area contributed by atoms with Gasteiger partial charge in [-0.3, -0.25) is 4.79 Å². The zero-order valence-corrected chi connectivity index (χ0v) is 20.2. The van der Waals surface area contributed by atoms with Crippen LogP contribution in [-0.4, -0.2) is 12.7 Å². The third kappa shape index (κ3) is 5.35. The third-order valence-corrected chi connectivity index (χ3v) is 6.10. The van der Waals surface area contributed by atoms with E-state index in [1.807, 2.05) is 18.2 Å². The molecular formula is C24H14Cl4N2O4. The molecule has 172 valence electrons. The zero-order chi connectivity index (χ0) is 24.2. The van der Waals surface area contributed by atoms with Crippen molar-refractivity contribution in [2.75, 3.05) is 12.1 Å². The van der Waals surface area contributed by atoms with Gasteiger partial charge in [0.05, 0.1) is 25.8 Å². The van der Waals surface area contributed by atoms with E-state index >= 15 is 0 Å². The Morgan fingerprint density at radius 1 is 1.03 bits per heavy atom. The quantitative estimate of drug-likeness (QED) is 0.267. The minimum atomic E-state index is -0.665. The van der Waals surface area contributed by atoms with Crippen LogP contribution in [0, 0.1) is 11.3 Å². The summed E-state index contributed by atoms with van der Waals surface area (Å²) in [6.07, 6.45) is 1.35. The summed E-state index contributed by atoms with van der Waals surface area (Å²) in [6, 6.07) is 15.2. The smallest absolute Gasteiger partial charge is 0.266 e. The van der Waals surface area contributed by atoms with Crippen molar-refractivity contribution < 1.29 is 19.0 Å². The van der Waals surface area contributed by atoms with Gasteiger partial charge in [0.15, 0.2) is 17.2 Å². The first-order valence-corrected chi connectivity index (χ1v) is 11.2. The SMILES string of the molecule is N#C/C(=C/c1cc(Cl)c(OCc2ccc3c(c2)OCO3)c(Cl)c1)C(=O)Nc1cccc(Cl)c1Cl. The molecule has 3 aromatic rings. The van der Waals surface area contributed by atoms with Crippen LogP contribution < -0.4 is 19.5 Å². The molecule has 10 heteroatoms. The van der Waals surface area contributed by atoms with Gasteiger partial charge in [0, 0.05) is 0 Å². The van der Waals surface area contributed by atoms with Gasteiger partial charge >= 0.3 is 0 Å². The summed E-state index contributed by atoms with van der Waals surface area (Å²) in [7, 11) is 0. The molecule has 1 heterocycles. The Morgan fingerprint density at radius 3 is 2.50 bits per heavy atom. The fourth-order valence-electron chi connectivity index (χ4n) is 3.09. The van der Waals surface area contributed by atoms with Crippen molar-refractivity contribution in [3.8, 4) is 23.3 Å². The molecule has 0 saturated heterocycles. The molecule has 3 aromatic carbocycles. The lowest BCUT2D eigenvalue weighted by Crippen LogP contribution is -2.13. The molecule has 34 heavy (non-hydrogen) atoms. The lowest BCUT2D eigenvalue weighted by molar-refractivity contribution is -0.112. The van der Waals surface area contributed by atoms with Crippen LogP contribution in [-0.2, 0) is 11.4 Å². The summed E-state index contributed by atoms with van der Waals surface area (Å²) in [6.45, 7) is 0.374. The molecule has 1 amide bonds. The van der Waals surface area contributed by atoms with Gasteiger partial charge in [-0.15, -0.1) is 0 Å². The van der Waals surface area contributed by atoms with E-state index in [0.717, 1.165) is 5.56 Å². The van der Waals surface area contributed by atoms with Crippen molar-refractivity contribution >= 4 is 64.1 Å². The highest BCUT2D eigenvalue weighted by Crippen LogP contribution is 2.37. The van der Waals surface area contributed by atoms with Crippen LogP contribution in [0.1, 0.15) is 11.1 Å². The number of hydrogen-bond donors (Lipinski definition) is 1. The number of carbonyl (C=O) groups is 1. The minimum Gasteiger partial charge on any atom is -0.486 e. The van der Waals surface area contributed by atoms with E-state index in [1.165, 1.54) is 6.08 Å². The second-order valence-electron chi connectivity index (χ2n) is 7.02. The molecular weight excluding hydrogens is 522 g/mol. The van der Waals surface area contributed by atoms with Gasteiger partial charge in [-0.2, -0.15) is 5.26 Å². The van der Waals surface area contributed by atoms with Gasteiger partial charge in [-0.25, -0.2) is 0 Å². The average Bonchev–Trinajstić information content (AvgIpc) is 3.28. The molecule has 1 N–H and O–H groups in total. The lowest BCUT2D eigenvalue weighted by atomic mass is 10.1. The van der Waals surface area contributed by atoms with E-state index in [1.54, 1.807) is 36.4 Å². The Balaban J connectivity index is 1.50. The molecule has 0 aromatic heterocycles. The van der Waals surface area contributed by atoms with E-state index in [4.69, 9.17) is 60.6 Å². The molecule has 0 atom stereocenters. The lowest BCUT2D eigenvalue weighted by Gasteiger charge is -2.12. The Bertz CT molecular complexity index is 1330. The van der Waals surface area contributed by atoms with E-state index < -0.39 is 5.91 Å². The molecule has 0 bridgehead atoms. The van der Waals surface area contributed by atoms with E-state index in [2.05, 4.69) is 5.32 Å². The number of benzene rings is 3. The summed E-state index contributed by atoms with van der Waals surface area (Å²) in [4.78, 5) is 12.6. The van der Waals surface area contributed by atoms with Gasteiger partial charge in [-0.05, 0) is 53.6 Å². The summed E-state index contributed by atoms with van der Waals surface area (Å²) in [5.74, 6) is 0.917. The highest BCUT2D eigenvalue weighted by Gasteiger charge is 2.16. The Morgan fingerprint density at radius 2 is 1.76 bits per heavy atom. The van der Waals surface area contributed by atoms with Gasteiger partial charge in [0.1, 0.15) is 18.2 Å². The summed E-state index contributed by atoms with van der Waals surface area (Å²) in [5, 5.41) is 12.9. The molecule has 4 rings (SSSR count). The first kappa shape index (κ1) is 24.1. The molecule has 6 nitrogen and oxygen atoms in total. The maximum absolute atomic E-state index is 12.6. The highest BCUT2D eigenvalue weighted by molar-refractivity contribution is 6.44. The third-order valence-electron chi connectivity index (χ3n) is 4.72. The van der Waals surface area contributed by atoms with Crippen molar-refractivity contribution in [1.82, 2.24) is 0 Å². The van der Waals surface area contributed by atoms with Crippen LogP contribution in [0.3, 0.4) is 0 Å². The number of amides is 1. The number of ether oxygens (including phenoxy) is 3. The number of anilines is 1. The number of hydrogen-bond acceptors (Lipinski definition) is 5. The Labute approximate surface area is 215 Å². The van der Waals surface area contributed by atoms with Crippen molar-refractivity contribution in [2.45, 2.75) is 6.61 Å². The predicted octanol–water partition coefficient (Wildman–Crippen LogP) is 7.15. The summed E-state index contributed by atoms with van der Waals surface area (Å²) in [5.41, 5.74) is 1.37.